The van der Waals surface area contributed by atoms with Crippen molar-refractivity contribution in [2.75, 3.05) is 25.5 Å². The fraction of sp³-hybridized carbons (Fsp3) is 0.375. The van der Waals surface area contributed by atoms with Gasteiger partial charge in [-0.05, 0) is 32.5 Å². The van der Waals surface area contributed by atoms with Gasteiger partial charge in [0.1, 0.15) is 17.3 Å². The normalized spacial score (nSPS) is 10.9. The van der Waals surface area contributed by atoms with Gasteiger partial charge in [-0.25, -0.2) is 9.97 Å². The summed E-state index contributed by atoms with van der Waals surface area (Å²) in [6, 6.07) is 10.5. The third-order valence-electron chi connectivity index (χ3n) is 3.33. The van der Waals surface area contributed by atoms with Gasteiger partial charge in [-0.1, -0.05) is 41.9 Å². The highest BCUT2D eigenvalue weighted by Gasteiger charge is 2.04. The van der Waals surface area contributed by atoms with Crippen molar-refractivity contribution >= 4 is 17.4 Å². The lowest BCUT2D eigenvalue weighted by Gasteiger charge is -2.17. The lowest BCUT2D eigenvalue weighted by Crippen LogP contribution is -2.21. The molecule has 0 bridgehead atoms. The zero-order valence-electron chi connectivity index (χ0n) is 12.5. The number of rotatable bonds is 7. The minimum atomic E-state index is 0.508. The number of nitrogens with one attached hydrogen (secondary N) is 1. The first-order valence-electron chi connectivity index (χ1n) is 7.10. The Balaban J connectivity index is 1.71. The predicted octanol–water partition coefficient (Wildman–Crippen LogP) is 3.37. The van der Waals surface area contributed by atoms with Crippen LogP contribution in [0.15, 0.2) is 36.7 Å². The Labute approximate surface area is 131 Å². The minimum absolute atomic E-state index is 0.508. The molecule has 0 amide bonds. The Bertz CT molecular complexity index is 559. The van der Waals surface area contributed by atoms with Crippen molar-refractivity contribution in [2.24, 2.45) is 0 Å². The highest BCUT2D eigenvalue weighted by atomic mass is 35.5. The molecule has 4 nitrogen and oxygen atoms in total. The Hall–Kier alpha value is -1.65. The van der Waals surface area contributed by atoms with Gasteiger partial charge >= 0.3 is 0 Å². The monoisotopic (exact) mass is 304 g/mol. The van der Waals surface area contributed by atoms with Crippen LogP contribution in [0, 0.1) is 6.92 Å². The molecule has 21 heavy (non-hydrogen) atoms. The van der Waals surface area contributed by atoms with Gasteiger partial charge in [-0.2, -0.15) is 0 Å². The van der Waals surface area contributed by atoms with Gasteiger partial charge in [0.25, 0.3) is 0 Å². The topological polar surface area (TPSA) is 41.1 Å². The molecular formula is C16H21ClN4. The molecule has 1 aromatic carbocycles. The standard InChI is InChI=1S/C16H21ClN4/c1-13-15(17)19-12-20-16(13)18-9-6-10-21(2)11-14-7-4-3-5-8-14/h3-5,7-8,12H,6,9-11H2,1-2H3,(H,18,19,20). The molecule has 2 aromatic rings. The second-order valence-electron chi connectivity index (χ2n) is 5.14. The molecule has 0 fully saturated rings. The van der Waals surface area contributed by atoms with Crippen LogP contribution in [0.1, 0.15) is 17.5 Å². The van der Waals surface area contributed by atoms with Crippen LogP contribution in [0.4, 0.5) is 5.82 Å². The van der Waals surface area contributed by atoms with E-state index < -0.39 is 0 Å². The smallest absolute Gasteiger partial charge is 0.137 e. The first kappa shape index (κ1) is 15.7. The van der Waals surface area contributed by atoms with Crippen molar-refractivity contribution in [1.82, 2.24) is 14.9 Å². The van der Waals surface area contributed by atoms with E-state index in [1.807, 2.05) is 13.0 Å². The van der Waals surface area contributed by atoms with Crippen molar-refractivity contribution < 1.29 is 0 Å². The van der Waals surface area contributed by atoms with Gasteiger partial charge in [-0.3, -0.25) is 0 Å². The molecule has 112 valence electrons. The van der Waals surface area contributed by atoms with E-state index in [4.69, 9.17) is 11.6 Å². The highest BCUT2D eigenvalue weighted by Crippen LogP contribution is 2.17. The summed E-state index contributed by atoms with van der Waals surface area (Å²) in [4.78, 5) is 10.5. The maximum atomic E-state index is 5.97. The average molecular weight is 305 g/mol. The van der Waals surface area contributed by atoms with Crippen LogP contribution in [0.2, 0.25) is 5.15 Å². The van der Waals surface area contributed by atoms with Crippen LogP contribution < -0.4 is 5.32 Å². The summed E-state index contributed by atoms with van der Waals surface area (Å²) >= 11 is 5.97. The summed E-state index contributed by atoms with van der Waals surface area (Å²) in [6.07, 6.45) is 2.53. The lowest BCUT2D eigenvalue weighted by atomic mass is 10.2. The van der Waals surface area contributed by atoms with Gasteiger partial charge in [0, 0.05) is 18.7 Å². The largest absolute Gasteiger partial charge is 0.370 e. The summed E-state index contributed by atoms with van der Waals surface area (Å²) in [5.74, 6) is 0.820. The van der Waals surface area contributed by atoms with E-state index in [0.717, 1.165) is 37.4 Å². The molecule has 1 heterocycles. The number of hydrogen-bond donors (Lipinski definition) is 1. The average Bonchev–Trinajstić information content (AvgIpc) is 2.49. The van der Waals surface area contributed by atoms with Crippen molar-refractivity contribution in [2.45, 2.75) is 19.9 Å². The summed E-state index contributed by atoms with van der Waals surface area (Å²) in [6.45, 7) is 4.79. The molecule has 0 radical (unpaired) electrons. The molecule has 0 aliphatic carbocycles. The van der Waals surface area contributed by atoms with Gasteiger partial charge in [0.05, 0.1) is 0 Å². The molecule has 0 atom stereocenters. The van der Waals surface area contributed by atoms with Crippen molar-refractivity contribution in [3.63, 3.8) is 0 Å². The maximum absolute atomic E-state index is 5.97. The molecule has 2 rings (SSSR count). The van der Waals surface area contributed by atoms with Crippen LogP contribution >= 0.6 is 11.6 Å². The zero-order valence-corrected chi connectivity index (χ0v) is 13.3. The SMILES string of the molecule is Cc1c(Cl)ncnc1NCCCN(C)Cc1ccccc1. The van der Waals surface area contributed by atoms with Crippen molar-refractivity contribution in [3.05, 3.63) is 52.9 Å². The van der Waals surface area contributed by atoms with Gasteiger partial charge < -0.3 is 10.2 Å². The maximum Gasteiger partial charge on any atom is 0.137 e. The van der Waals surface area contributed by atoms with E-state index in [-0.39, 0.29) is 0 Å². The Morgan fingerprint density at radius 2 is 1.95 bits per heavy atom. The molecule has 0 aliphatic rings. The summed E-state index contributed by atoms with van der Waals surface area (Å²) in [7, 11) is 2.14. The Kier molecular flexibility index (Phi) is 5.96. The first-order chi connectivity index (χ1) is 10.2. The minimum Gasteiger partial charge on any atom is -0.370 e. The highest BCUT2D eigenvalue weighted by molar-refractivity contribution is 6.30. The number of anilines is 1. The zero-order chi connectivity index (χ0) is 15.1. The third kappa shape index (κ3) is 4.99. The van der Waals surface area contributed by atoms with E-state index in [1.54, 1.807) is 0 Å². The van der Waals surface area contributed by atoms with E-state index in [0.29, 0.717) is 5.15 Å². The van der Waals surface area contributed by atoms with Gasteiger partial charge in [0.2, 0.25) is 0 Å². The van der Waals surface area contributed by atoms with Crippen molar-refractivity contribution in [1.29, 1.82) is 0 Å². The number of benzene rings is 1. The fourth-order valence-electron chi connectivity index (χ4n) is 2.14. The lowest BCUT2D eigenvalue weighted by molar-refractivity contribution is 0.325. The second kappa shape index (κ2) is 7.96. The summed E-state index contributed by atoms with van der Waals surface area (Å²) in [5.41, 5.74) is 2.24. The number of nitrogens with zero attached hydrogens (tertiary/aromatic N) is 3. The van der Waals surface area contributed by atoms with E-state index >= 15 is 0 Å². The molecule has 0 saturated heterocycles. The molecule has 0 unspecified atom stereocenters. The Morgan fingerprint density at radius 3 is 2.71 bits per heavy atom. The van der Waals surface area contributed by atoms with Crippen molar-refractivity contribution in [3.8, 4) is 0 Å². The first-order valence-corrected chi connectivity index (χ1v) is 7.48. The number of aromatic nitrogens is 2. The predicted molar refractivity (Wildman–Crippen MR) is 87.7 cm³/mol. The molecular weight excluding hydrogens is 284 g/mol. The summed E-state index contributed by atoms with van der Waals surface area (Å²) < 4.78 is 0. The fourth-order valence-corrected chi connectivity index (χ4v) is 2.27. The number of halogens is 1. The molecule has 0 aliphatic heterocycles. The molecule has 5 heteroatoms. The second-order valence-corrected chi connectivity index (χ2v) is 5.50. The number of hydrogen-bond acceptors (Lipinski definition) is 4. The van der Waals surface area contributed by atoms with Crippen LogP contribution in [0.25, 0.3) is 0 Å². The quantitative estimate of drug-likeness (QED) is 0.629. The Morgan fingerprint density at radius 1 is 1.19 bits per heavy atom. The molecule has 0 spiro atoms. The third-order valence-corrected chi connectivity index (χ3v) is 3.71. The van der Waals surface area contributed by atoms with E-state index in [9.17, 15) is 0 Å². The van der Waals surface area contributed by atoms with E-state index in [1.165, 1.54) is 11.9 Å². The molecule has 1 N–H and O–H groups in total. The van der Waals surface area contributed by atoms with Gasteiger partial charge in [0.15, 0.2) is 0 Å². The van der Waals surface area contributed by atoms with Crippen LogP contribution in [0.3, 0.4) is 0 Å². The molecule has 0 saturated carbocycles. The van der Waals surface area contributed by atoms with Gasteiger partial charge in [-0.15, -0.1) is 0 Å². The van der Waals surface area contributed by atoms with Crippen LogP contribution in [-0.2, 0) is 6.54 Å². The van der Waals surface area contributed by atoms with Crippen LogP contribution in [-0.4, -0.2) is 35.0 Å². The van der Waals surface area contributed by atoms with E-state index in [2.05, 4.69) is 51.5 Å². The summed E-state index contributed by atoms with van der Waals surface area (Å²) in [5, 5.41) is 3.82. The molecule has 1 aromatic heterocycles. The van der Waals surface area contributed by atoms with Crippen LogP contribution in [0.5, 0.6) is 0 Å².